The van der Waals surface area contributed by atoms with Crippen LogP contribution in [0.15, 0.2) is 0 Å². The average molecular weight is 270 g/mol. The molecule has 1 heterocycles. The lowest BCUT2D eigenvalue weighted by Gasteiger charge is -2.39. The van der Waals surface area contributed by atoms with Gasteiger partial charge in [-0.25, -0.2) is 0 Å². The molecule has 3 unspecified atom stereocenters. The summed E-state index contributed by atoms with van der Waals surface area (Å²) in [6.07, 6.45) is -4.25. The standard InChI is InChI=1S/C11H21F3N2O2/c1-8(18)9-4-10(15-7-11(12,13)14)6-16(5-9)2-3-17/h8-10,15,17-18H,2-7H2,1H3. The third kappa shape index (κ3) is 5.51. The van der Waals surface area contributed by atoms with Gasteiger partial charge in [0.2, 0.25) is 0 Å². The molecule has 4 nitrogen and oxygen atoms in total. The minimum Gasteiger partial charge on any atom is -0.395 e. The number of hydrogen-bond acceptors (Lipinski definition) is 4. The van der Waals surface area contributed by atoms with Crippen LogP contribution in [0.3, 0.4) is 0 Å². The third-order valence-electron chi connectivity index (χ3n) is 3.25. The zero-order valence-corrected chi connectivity index (χ0v) is 10.5. The van der Waals surface area contributed by atoms with Gasteiger partial charge >= 0.3 is 6.18 Å². The lowest BCUT2D eigenvalue weighted by molar-refractivity contribution is -0.127. The number of aliphatic hydroxyl groups excluding tert-OH is 2. The van der Waals surface area contributed by atoms with Crippen molar-refractivity contribution in [2.75, 3.05) is 32.8 Å². The topological polar surface area (TPSA) is 55.7 Å². The molecule has 0 bridgehead atoms. The molecule has 1 aliphatic rings. The van der Waals surface area contributed by atoms with E-state index in [4.69, 9.17) is 5.11 Å². The Hall–Kier alpha value is -0.370. The van der Waals surface area contributed by atoms with Gasteiger partial charge in [-0.3, -0.25) is 4.90 Å². The van der Waals surface area contributed by atoms with Crippen LogP contribution in [0.5, 0.6) is 0 Å². The number of likely N-dealkylation sites (tertiary alicyclic amines) is 1. The molecule has 0 spiro atoms. The van der Waals surface area contributed by atoms with Crippen LogP contribution in [0.4, 0.5) is 13.2 Å². The number of nitrogens with zero attached hydrogens (tertiary/aromatic N) is 1. The maximum atomic E-state index is 12.1. The largest absolute Gasteiger partial charge is 0.401 e. The summed E-state index contributed by atoms with van der Waals surface area (Å²) in [5.74, 6) is -0.0592. The van der Waals surface area contributed by atoms with Crippen molar-refractivity contribution in [3.8, 4) is 0 Å². The minimum absolute atomic E-state index is 0.0292. The fraction of sp³-hybridized carbons (Fsp3) is 1.00. The molecule has 0 amide bonds. The Morgan fingerprint density at radius 2 is 2.06 bits per heavy atom. The molecule has 1 saturated heterocycles. The van der Waals surface area contributed by atoms with Crippen molar-refractivity contribution in [1.29, 1.82) is 0 Å². The van der Waals surface area contributed by atoms with E-state index >= 15 is 0 Å². The first-order chi connectivity index (χ1) is 8.31. The van der Waals surface area contributed by atoms with Gasteiger partial charge in [0.25, 0.3) is 0 Å². The van der Waals surface area contributed by atoms with Crippen molar-refractivity contribution in [3.05, 3.63) is 0 Å². The van der Waals surface area contributed by atoms with Crippen molar-refractivity contribution < 1.29 is 23.4 Å². The Balaban J connectivity index is 2.50. The first kappa shape index (κ1) is 15.7. The molecular formula is C11H21F3N2O2. The predicted octanol–water partition coefficient (Wildman–Crippen LogP) is 0.202. The van der Waals surface area contributed by atoms with Crippen molar-refractivity contribution in [3.63, 3.8) is 0 Å². The number of halogens is 3. The molecular weight excluding hydrogens is 249 g/mol. The van der Waals surface area contributed by atoms with Crippen LogP contribution >= 0.6 is 0 Å². The predicted molar refractivity (Wildman–Crippen MR) is 61.2 cm³/mol. The number of rotatable bonds is 5. The first-order valence-corrected chi connectivity index (χ1v) is 6.13. The summed E-state index contributed by atoms with van der Waals surface area (Å²) in [6.45, 7) is 2.11. The van der Waals surface area contributed by atoms with E-state index < -0.39 is 18.8 Å². The van der Waals surface area contributed by atoms with Gasteiger partial charge in [-0.2, -0.15) is 13.2 Å². The Morgan fingerprint density at radius 3 is 2.56 bits per heavy atom. The summed E-state index contributed by atoms with van der Waals surface area (Å²) in [7, 11) is 0. The van der Waals surface area contributed by atoms with E-state index in [0.717, 1.165) is 0 Å². The van der Waals surface area contributed by atoms with Gasteiger partial charge in [0.15, 0.2) is 0 Å². The lowest BCUT2D eigenvalue weighted by Crippen LogP contribution is -2.53. The number of alkyl halides is 3. The molecule has 0 aliphatic carbocycles. The van der Waals surface area contributed by atoms with Gasteiger partial charge in [-0.05, 0) is 19.3 Å². The number of piperidine rings is 1. The van der Waals surface area contributed by atoms with Crippen molar-refractivity contribution >= 4 is 0 Å². The summed E-state index contributed by atoms with van der Waals surface area (Å²) in [5.41, 5.74) is 0. The summed E-state index contributed by atoms with van der Waals surface area (Å²) in [4.78, 5) is 1.88. The maximum Gasteiger partial charge on any atom is 0.401 e. The van der Waals surface area contributed by atoms with Crippen LogP contribution in [0, 0.1) is 5.92 Å². The van der Waals surface area contributed by atoms with Crippen molar-refractivity contribution in [2.24, 2.45) is 5.92 Å². The van der Waals surface area contributed by atoms with Gasteiger partial charge in [0.05, 0.1) is 19.3 Å². The summed E-state index contributed by atoms with van der Waals surface area (Å²) in [6, 6.07) is -0.300. The fourth-order valence-corrected chi connectivity index (χ4v) is 2.31. The highest BCUT2D eigenvalue weighted by Gasteiger charge is 2.33. The molecule has 0 radical (unpaired) electrons. The van der Waals surface area contributed by atoms with Crippen LogP contribution < -0.4 is 5.32 Å². The van der Waals surface area contributed by atoms with E-state index in [0.29, 0.717) is 26.1 Å². The second kappa shape index (κ2) is 6.70. The van der Waals surface area contributed by atoms with E-state index in [9.17, 15) is 18.3 Å². The number of β-amino-alcohol motifs (C(OH)–C–C–N with tert-alkyl or cyclic N) is 1. The molecule has 0 aromatic carbocycles. The van der Waals surface area contributed by atoms with E-state index in [1.807, 2.05) is 4.90 Å². The summed E-state index contributed by atoms with van der Waals surface area (Å²) in [5, 5.41) is 20.9. The first-order valence-electron chi connectivity index (χ1n) is 6.13. The molecule has 0 aromatic heterocycles. The van der Waals surface area contributed by atoms with Crippen LogP contribution in [0.25, 0.3) is 0 Å². The van der Waals surface area contributed by atoms with Gasteiger partial charge < -0.3 is 15.5 Å². The van der Waals surface area contributed by atoms with E-state index in [1.54, 1.807) is 6.92 Å². The smallest absolute Gasteiger partial charge is 0.395 e. The molecule has 7 heteroatoms. The van der Waals surface area contributed by atoms with E-state index in [2.05, 4.69) is 5.32 Å². The number of nitrogens with one attached hydrogen (secondary N) is 1. The normalized spacial score (nSPS) is 28.3. The molecule has 18 heavy (non-hydrogen) atoms. The Labute approximate surface area is 105 Å². The molecule has 1 fully saturated rings. The van der Waals surface area contributed by atoms with Crippen LogP contribution in [0.1, 0.15) is 13.3 Å². The molecule has 1 aliphatic heterocycles. The summed E-state index contributed by atoms with van der Waals surface area (Å²) < 4.78 is 36.4. The number of hydrogen-bond donors (Lipinski definition) is 3. The van der Waals surface area contributed by atoms with Gasteiger partial charge in [0.1, 0.15) is 0 Å². The Morgan fingerprint density at radius 1 is 1.39 bits per heavy atom. The quantitative estimate of drug-likeness (QED) is 0.668. The van der Waals surface area contributed by atoms with Crippen LogP contribution in [-0.2, 0) is 0 Å². The minimum atomic E-state index is -4.22. The molecule has 3 N–H and O–H groups in total. The molecule has 1 rings (SSSR count). The third-order valence-corrected chi connectivity index (χ3v) is 3.25. The molecule has 0 saturated carbocycles. The van der Waals surface area contributed by atoms with E-state index in [1.165, 1.54) is 0 Å². The van der Waals surface area contributed by atoms with Crippen molar-refractivity contribution in [1.82, 2.24) is 10.2 Å². The van der Waals surface area contributed by atoms with Gasteiger partial charge in [-0.15, -0.1) is 0 Å². The van der Waals surface area contributed by atoms with E-state index in [-0.39, 0.29) is 18.6 Å². The Bertz CT molecular complexity index is 249. The zero-order chi connectivity index (χ0) is 13.8. The molecule has 0 aromatic rings. The highest BCUT2D eigenvalue weighted by atomic mass is 19.4. The maximum absolute atomic E-state index is 12.1. The SMILES string of the molecule is CC(O)C1CC(NCC(F)(F)F)CN(CCO)C1. The highest BCUT2D eigenvalue weighted by Crippen LogP contribution is 2.21. The highest BCUT2D eigenvalue weighted by molar-refractivity contribution is 4.86. The van der Waals surface area contributed by atoms with Crippen molar-refractivity contribution in [2.45, 2.75) is 31.7 Å². The molecule has 108 valence electrons. The zero-order valence-electron chi connectivity index (χ0n) is 10.5. The molecule has 3 atom stereocenters. The lowest BCUT2D eigenvalue weighted by atomic mass is 9.90. The van der Waals surface area contributed by atoms with Crippen LogP contribution in [0.2, 0.25) is 0 Å². The van der Waals surface area contributed by atoms with Gasteiger partial charge in [0, 0.05) is 25.7 Å². The van der Waals surface area contributed by atoms with Crippen LogP contribution in [-0.4, -0.2) is 66.2 Å². The summed E-state index contributed by atoms with van der Waals surface area (Å²) >= 11 is 0. The van der Waals surface area contributed by atoms with Gasteiger partial charge in [-0.1, -0.05) is 0 Å². The fourth-order valence-electron chi connectivity index (χ4n) is 2.31. The second-order valence-corrected chi connectivity index (χ2v) is 4.91. The Kier molecular flexibility index (Phi) is 5.84. The second-order valence-electron chi connectivity index (χ2n) is 4.91. The monoisotopic (exact) mass is 270 g/mol. The number of aliphatic hydroxyl groups is 2. The average Bonchev–Trinajstić information content (AvgIpc) is 2.25.